The lowest BCUT2D eigenvalue weighted by molar-refractivity contribution is 0.260. The lowest BCUT2D eigenvalue weighted by Gasteiger charge is -2.26. The summed E-state index contributed by atoms with van der Waals surface area (Å²) in [6, 6.07) is 23.4. The molecule has 0 aliphatic carbocycles. The molecule has 5 nitrogen and oxygen atoms in total. The summed E-state index contributed by atoms with van der Waals surface area (Å²) >= 11 is 0. The summed E-state index contributed by atoms with van der Waals surface area (Å²) in [5, 5.41) is 0. The van der Waals surface area contributed by atoms with Gasteiger partial charge in [0.15, 0.2) is 0 Å². The van der Waals surface area contributed by atoms with Crippen molar-refractivity contribution in [2.24, 2.45) is 0 Å². The zero-order valence-corrected chi connectivity index (χ0v) is 17.0. The molecule has 0 radical (unpaired) electrons. The Morgan fingerprint density at radius 3 is 2.03 bits per heavy atom. The van der Waals surface area contributed by atoms with Crippen LogP contribution in [-0.2, 0) is 21.2 Å². The predicted octanol–water partition coefficient (Wildman–Crippen LogP) is 4.55. The lowest BCUT2D eigenvalue weighted by Crippen LogP contribution is -2.27. The first-order valence-corrected chi connectivity index (χ1v) is 11.1. The van der Waals surface area contributed by atoms with E-state index in [0.29, 0.717) is 42.3 Å². The molecule has 1 aliphatic heterocycles. The molecule has 1 atom stereocenters. The van der Waals surface area contributed by atoms with E-state index in [9.17, 15) is 8.42 Å². The van der Waals surface area contributed by atoms with Crippen molar-refractivity contribution < 1.29 is 17.9 Å². The SMILES string of the molecule is CCc1c(OCC2CO2)cccc1S(=O)(=O)N(c1ccccc1)c1ccccc1. The topological polar surface area (TPSA) is 59.1 Å². The number of benzene rings is 3. The summed E-state index contributed by atoms with van der Waals surface area (Å²) in [7, 11) is -3.87. The molecule has 3 aromatic rings. The highest BCUT2D eigenvalue weighted by atomic mass is 32.2. The predicted molar refractivity (Wildman–Crippen MR) is 113 cm³/mol. The fraction of sp³-hybridized carbons (Fsp3) is 0.217. The molecular weight excluding hydrogens is 386 g/mol. The summed E-state index contributed by atoms with van der Waals surface area (Å²) in [6.45, 7) is 3.05. The quantitative estimate of drug-likeness (QED) is 0.512. The minimum atomic E-state index is -3.87. The van der Waals surface area contributed by atoms with E-state index < -0.39 is 10.0 Å². The van der Waals surface area contributed by atoms with Crippen LogP contribution in [0.2, 0.25) is 0 Å². The first-order chi connectivity index (χ1) is 14.1. The number of nitrogens with zero attached hydrogens (tertiary/aromatic N) is 1. The Bertz CT molecular complexity index is 1030. The van der Waals surface area contributed by atoms with Crippen molar-refractivity contribution in [1.82, 2.24) is 0 Å². The van der Waals surface area contributed by atoms with Crippen molar-refractivity contribution in [1.29, 1.82) is 0 Å². The number of sulfonamides is 1. The molecular formula is C23H23NO4S. The fourth-order valence-electron chi connectivity index (χ4n) is 3.27. The van der Waals surface area contributed by atoms with E-state index in [2.05, 4.69) is 0 Å². The Morgan fingerprint density at radius 1 is 0.931 bits per heavy atom. The first kappa shape index (κ1) is 19.5. The summed E-state index contributed by atoms with van der Waals surface area (Å²) < 4.78 is 40.2. The Labute approximate surface area is 171 Å². The van der Waals surface area contributed by atoms with Crippen molar-refractivity contribution in [3.8, 4) is 5.75 Å². The molecule has 1 fully saturated rings. The van der Waals surface area contributed by atoms with Gasteiger partial charge in [0, 0.05) is 5.56 Å². The van der Waals surface area contributed by atoms with Crippen LogP contribution in [0, 0.1) is 0 Å². The molecule has 0 aromatic heterocycles. The van der Waals surface area contributed by atoms with E-state index in [1.165, 1.54) is 4.31 Å². The molecule has 1 aliphatic rings. The van der Waals surface area contributed by atoms with Crippen LogP contribution in [-0.4, -0.2) is 27.7 Å². The van der Waals surface area contributed by atoms with E-state index in [1.54, 1.807) is 36.4 Å². The van der Waals surface area contributed by atoms with Crippen LogP contribution in [0.4, 0.5) is 11.4 Å². The number of para-hydroxylation sites is 2. The minimum absolute atomic E-state index is 0.102. The molecule has 1 heterocycles. The van der Waals surface area contributed by atoms with Gasteiger partial charge in [-0.2, -0.15) is 0 Å². The maximum absolute atomic E-state index is 13.9. The number of rotatable bonds is 8. The van der Waals surface area contributed by atoms with Crippen molar-refractivity contribution in [2.75, 3.05) is 17.5 Å². The number of ether oxygens (including phenoxy) is 2. The second-order valence-corrected chi connectivity index (χ2v) is 8.55. The molecule has 1 unspecified atom stereocenters. The second kappa shape index (κ2) is 8.27. The summed E-state index contributed by atoms with van der Waals surface area (Å²) in [4.78, 5) is 0.252. The van der Waals surface area contributed by atoms with E-state index in [4.69, 9.17) is 9.47 Å². The van der Waals surface area contributed by atoms with Gasteiger partial charge in [0.2, 0.25) is 0 Å². The van der Waals surface area contributed by atoms with Crippen molar-refractivity contribution in [3.63, 3.8) is 0 Å². The molecule has 3 aromatic carbocycles. The Balaban J connectivity index is 1.81. The Hall–Kier alpha value is -2.83. The Morgan fingerprint density at radius 2 is 1.52 bits per heavy atom. The standard InChI is InChI=1S/C23H23NO4S/c1-2-21-22(28-17-20-16-27-20)14-9-15-23(21)29(25,26)24(18-10-5-3-6-11-18)19-12-7-4-8-13-19/h3-15,20H,2,16-17H2,1H3. The maximum atomic E-state index is 13.9. The highest BCUT2D eigenvalue weighted by Crippen LogP contribution is 2.36. The average Bonchev–Trinajstić information content (AvgIpc) is 3.58. The third kappa shape index (κ3) is 4.13. The van der Waals surface area contributed by atoms with E-state index >= 15 is 0 Å². The highest BCUT2D eigenvalue weighted by molar-refractivity contribution is 7.93. The monoisotopic (exact) mass is 409 g/mol. The number of epoxide rings is 1. The number of anilines is 2. The molecule has 29 heavy (non-hydrogen) atoms. The van der Waals surface area contributed by atoms with Crippen molar-refractivity contribution in [3.05, 3.63) is 84.4 Å². The smallest absolute Gasteiger partial charge is 0.269 e. The van der Waals surface area contributed by atoms with Crippen LogP contribution in [0.15, 0.2) is 83.8 Å². The third-order valence-corrected chi connectivity index (χ3v) is 6.61. The minimum Gasteiger partial charge on any atom is -0.490 e. The van der Waals surface area contributed by atoms with Crippen molar-refractivity contribution >= 4 is 21.4 Å². The van der Waals surface area contributed by atoms with E-state index in [0.717, 1.165) is 0 Å². The maximum Gasteiger partial charge on any atom is 0.269 e. The number of hydrogen-bond acceptors (Lipinski definition) is 4. The zero-order valence-electron chi connectivity index (χ0n) is 16.2. The van der Waals surface area contributed by atoms with Crippen LogP contribution in [0.25, 0.3) is 0 Å². The van der Waals surface area contributed by atoms with Gasteiger partial charge in [0.05, 0.1) is 22.9 Å². The second-order valence-electron chi connectivity index (χ2n) is 6.79. The van der Waals surface area contributed by atoms with Gasteiger partial charge < -0.3 is 9.47 Å². The first-order valence-electron chi connectivity index (χ1n) is 9.63. The molecule has 0 spiro atoms. The zero-order chi connectivity index (χ0) is 20.3. The Kier molecular flexibility index (Phi) is 5.56. The summed E-state index contributed by atoms with van der Waals surface area (Å²) in [5.41, 5.74) is 1.84. The normalized spacial score (nSPS) is 15.7. The van der Waals surface area contributed by atoms with E-state index in [1.807, 2.05) is 49.4 Å². The van der Waals surface area contributed by atoms with Crippen LogP contribution in [0.1, 0.15) is 12.5 Å². The van der Waals surface area contributed by atoms with Gasteiger partial charge in [-0.3, -0.25) is 0 Å². The van der Waals surface area contributed by atoms with Crippen LogP contribution in [0.5, 0.6) is 5.75 Å². The molecule has 0 bridgehead atoms. The van der Waals surface area contributed by atoms with Gasteiger partial charge in [0.1, 0.15) is 18.5 Å². The summed E-state index contributed by atoms with van der Waals surface area (Å²) in [5.74, 6) is 0.588. The van der Waals surface area contributed by atoms with Gasteiger partial charge in [-0.15, -0.1) is 0 Å². The van der Waals surface area contributed by atoms with Gasteiger partial charge >= 0.3 is 0 Å². The highest BCUT2D eigenvalue weighted by Gasteiger charge is 2.30. The third-order valence-electron chi connectivity index (χ3n) is 4.77. The van der Waals surface area contributed by atoms with Crippen LogP contribution >= 0.6 is 0 Å². The van der Waals surface area contributed by atoms with Crippen LogP contribution in [0.3, 0.4) is 0 Å². The van der Waals surface area contributed by atoms with Gasteiger partial charge in [-0.05, 0) is 42.8 Å². The molecule has 0 saturated carbocycles. The lowest BCUT2D eigenvalue weighted by atomic mass is 10.1. The van der Waals surface area contributed by atoms with Gasteiger partial charge in [0.25, 0.3) is 10.0 Å². The molecule has 4 rings (SSSR count). The largest absolute Gasteiger partial charge is 0.490 e. The van der Waals surface area contributed by atoms with Gasteiger partial charge in [-0.1, -0.05) is 49.4 Å². The van der Waals surface area contributed by atoms with Crippen molar-refractivity contribution in [2.45, 2.75) is 24.3 Å². The average molecular weight is 410 g/mol. The van der Waals surface area contributed by atoms with Gasteiger partial charge in [-0.25, -0.2) is 12.7 Å². The molecule has 1 saturated heterocycles. The number of hydrogen-bond donors (Lipinski definition) is 0. The summed E-state index contributed by atoms with van der Waals surface area (Å²) in [6.07, 6.45) is 0.637. The molecule has 150 valence electrons. The van der Waals surface area contributed by atoms with Crippen LogP contribution < -0.4 is 9.04 Å². The molecule has 6 heteroatoms. The molecule has 0 N–H and O–H groups in total. The molecule has 0 amide bonds. The van der Waals surface area contributed by atoms with E-state index in [-0.39, 0.29) is 11.0 Å². The fourth-order valence-corrected chi connectivity index (χ4v) is 5.07.